The van der Waals surface area contributed by atoms with Crippen molar-refractivity contribution in [3.8, 4) is 0 Å². The first kappa shape index (κ1) is 23.2. The summed E-state index contributed by atoms with van der Waals surface area (Å²) in [5.41, 5.74) is 11.8. The van der Waals surface area contributed by atoms with Gasteiger partial charge in [-0.15, -0.1) is 0 Å². The molecule has 18 rings (SSSR count). The summed E-state index contributed by atoms with van der Waals surface area (Å²) < 4.78 is 0. The molecule has 0 radical (unpaired) electrons. The van der Waals surface area contributed by atoms with Crippen LogP contribution in [0.1, 0.15) is 57.0 Å². The summed E-state index contributed by atoms with van der Waals surface area (Å²) >= 11 is 0. The SMILES string of the molecule is O=[N+]([O-])c1ccc(C2=NOC3c4cc5c6c7c(cc8c9c7c7c%10c6c4c4c6c%11c(cc%12cc%13cc(c%14c%13c%13c%12c%11c(c4%10)c%13c7c%149)C8)CC63C2)C5)cc1. The molecular weight excluding hydrogens is 641 g/mol. The largest absolute Gasteiger partial charge is 0.386 e. The van der Waals surface area contributed by atoms with Crippen molar-refractivity contribution in [3.63, 3.8) is 0 Å². The Kier molecular flexibility index (Phi) is 2.79. The Morgan fingerprint density at radius 2 is 1.10 bits per heavy atom. The van der Waals surface area contributed by atoms with Crippen LogP contribution in [-0.2, 0) is 29.5 Å². The van der Waals surface area contributed by atoms with E-state index in [0.717, 1.165) is 37.0 Å². The minimum Gasteiger partial charge on any atom is -0.386 e. The van der Waals surface area contributed by atoms with Gasteiger partial charge in [-0.3, -0.25) is 10.1 Å². The van der Waals surface area contributed by atoms with Crippen LogP contribution in [0.3, 0.4) is 0 Å². The predicted octanol–water partition coefficient (Wildman–Crippen LogP) is 11.3. The number of non-ortho nitro benzene ring substituents is 1. The molecule has 0 fully saturated rings. The number of benzene rings is 9. The molecule has 234 valence electrons. The van der Waals surface area contributed by atoms with E-state index in [1.165, 1.54) is 136 Å². The second-order valence-electron chi connectivity index (χ2n) is 17.3. The lowest BCUT2D eigenvalue weighted by atomic mass is 9.64. The molecule has 0 saturated carbocycles. The summed E-state index contributed by atoms with van der Waals surface area (Å²) in [6.07, 6.45) is 3.39. The van der Waals surface area contributed by atoms with Crippen LogP contribution in [0, 0.1) is 10.1 Å². The molecule has 5 nitrogen and oxygen atoms in total. The molecule has 13 aromatic carbocycles. The third-order valence-corrected chi connectivity index (χ3v) is 15.6. The summed E-state index contributed by atoms with van der Waals surface area (Å²) in [7, 11) is 0. The molecule has 0 N–H and O–H groups in total. The summed E-state index contributed by atoms with van der Waals surface area (Å²) in [5.74, 6) is 0. The van der Waals surface area contributed by atoms with Gasteiger partial charge in [0.2, 0.25) is 0 Å². The molecule has 4 aliphatic carbocycles. The Morgan fingerprint density at radius 3 is 1.83 bits per heavy atom. The number of hydrogen-bond donors (Lipinski definition) is 0. The zero-order chi connectivity index (χ0) is 32.7. The van der Waals surface area contributed by atoms with Crippen LogP contribution in [-0.4, -0.2) is 10.6 Å². The second-order valence-corrected chi connectivity index (χ2v) is 17.3. The van der Waals surface area contributed by atoms with Crippen molar-refractivity contribution in [1.29, 1.82) is 0 Å². The maximum absolute atomic E-state index is 11.6. The van der Waals surface area contributed by atoms with Crippen LogP contribution in [0.25, 0.3) is 118 Å². The fourth-order valence-corrected chi connectivity index (χ4v) is 14.4. The molecule has 1 aliphatic heterocycles. The number of hydrogen-bond acceptors (Lipinski definition) is 4. The van der Waals surface area contributed by atoms with E-state index >= 15 is 0 Å². The Morgan fingerprint density at radius 1 is 0.558 bits per heavy atom. The maximum atomic E-state index is 11.6. The van der Waals surface area contributed by atoms with Gasteiger partial charge in [0.1, 0.15) is 0 Å². The topological polar surface area (TPSA) is 64.7 Å². The highest BCUT2D eigenvalue weighted by Gasteiger charge is 2.57. The van der Waals surface area contributed by atoms with Crippen molar-refractivity contribution in [2.75, 3.05) is 0 Å². The molecule has 1 spiro atoms. The summed E-state index contributed by atoms with van der Waals surface area (Å²) in [6, 6.07) is 19.6. The third kappa shape index (κ3) is 1.79. The number of oxime groups is 1. The van der Waals surface area contributed by atoms with Gasteiger partial charge in [0.05, 0.1) is 16.0 Å². The average Bonchev–Trinajstić information content (AvgIpc) is 3.98. The van der Waals surface area contributed by atoms with E-state index in [9.17, 15) is 10.1 Å². The average molecular weight is 659 g/mol. The lowest BCUT2D eigenvalue weighted by Crippen LogP contribution is -2.41. The first-order chi connectivity index (χ1) is 25.6. The van der Waals surface area contributed by atoms with Crippen LogP contribution in [0.4, 0.5) is 5.69 Å². The van der Waals surface area contributed by atoms with Gasteiger partial charge >= 0.3 is 0 Å². The number of nitro benzene ring substituents is 1. The molecular formula is C47H18N2O3. The van der Waals surface area contributed by atoms with Crippen LogP contribution in [0.15, 0.2) is 59.8 Å². The number of nitrogens with zero attached hydrogens (tertiary/aromatic N) is 2. The number of nitro groups is 1. The van der Waals surface area contributed by atoms with Crippen molar-refractivity contribution in [1.82, 2.24) is 0 Å². The summed E-state index contributed by atoms with van der Waals surface area (Å²) in [6.45, 7) is 0. The normalized spacial score (nSPS) is 21.5. The molecule has 0 amide bonds. The van der Waals surface area contributed by atoms with Gasteiger partial charge < -0.3 is 4.84 Å². The molecule has 5 heteroatoms. The molecule has 0 bridgehead atoms. The van der Waals surface area contributed by atoms with Gasteiger partial charge in [0.15, 0.2) is 6.10 Å². The monoisotopic (exact) mass is 658 g/mol. The van der Waals surface area contributed by atoms with E-state index in [1.54, 1.807) is 33.7 Å². The minimum atomic E-state index is -0.333. The standard InChI is InChI=1S/C47H18N2O3/c50-49(51)22-3-1-14(2-4-22)24-13-47-12-21-10-19-8-16-5-15-6-18-7-17-9-20-11-23(46(47)52-48-24)32-37-28(20)27(17)34-29(18)33-25(15)26(16)35-30(19)36-31(21)45(47)44(32)43-41(36)39(35)38(33)40(34)42(37)43/h1-5,7-8,10-11,46H,6,9,12-13H2. The maximum Gasteiger partial charge on any atom is 0.269 e. The van der Waals surface area contributed by atoms with Crippen LogP contribution >= 0.6 is 0 Å². The lowest BCUT2D eigenvalue weighted by molar-refractivity contribution is -0.384. The van der Waals surface area contributed by atoms with Gasteiger partial charge in [-0.05, 0) is 195 Å². The van der Waals surface area contributed by atoms with Gasteiger partial charge in [0, 0.05) is 24.1 Å². The van der Waals surface area contributed by atoms with Crippen LogP contribution in [0.5, 0.6) is 0 Å². The van der Waals surface area contributed by atoms with Gasteiger partial charge in [0.25, 0.3) is 5.69 Å². The molecule has 5 aliphatic rings. The zero-order valence-corrected chi connectivity index (χ0v) is 27.2. The Bertz CT molecular complexity index is 4020. The number of fused-ring (bicyclic) bond motifs is 1. The van der Waals surface area contributed by atoms with Crippen LogP contribution < -0.4 is 0 Å². The first-order valence-electron chi connectivity index (χ1n) is 18.6. The molecule has 2 unspecified atom stereocenters. The van der Waals surface area contributed by atoms with E-state index in [4.69, 9.17) is 9.99 Å². The molecule has 13 aromatic rings. The molecule has 0 saturated heterocycles. The van der Waals surface area contributed by atoms with Gasteiger partial charge in [-0.25, -0.2) is 0 Å². The third-order valence-electron chi connectivity index (χ3n) is 15.6. The van der Waals surface area contributed by atoms with Gasteiger partial charge in [-0.1, -0.05) is 29.4 Å². The fraction of sp³-hybridized carbons (Fsp3) is 0.128. The van der Waals surface area contributed by atoms with E-state index in [1.807, 2.05) is 12.1 Å². The molecule has 2 atom stereocenters. The van der Waals surface area contributed by atoms with Crippen molar-refractivity contribution >= 4 is 130 Å². The smallest absolute Gasteiger partial charge is 0.269 e. The Balaban J connectivity index is 1.15. The van der Waals surface area contributed by atoms with E-state index in [0.29, 0.717) is 0 Å². The quantitative estimate of drug-likeness (QED) is 0.105. The zero-order valence-electron chi connectivity index (χ0n) is 27.2. The van der Waals surface area contributed by atoms with Crippen LogP contribution in [0.2, 0.25) is 0 Å². The van der Waals surface area contributed by atoms with Crippen molar-refractivity contribution in [2.24, 2.45) is 5.16 Å². The van der Waals surface area contributed by atoms with E-state index in [2.05, 4.69) is 30.3 Å². The highest BCUT2D eigenvalue weighted by Crippen LogP contribution is 2.71. The second kappa shape index (κ2) is 6.26. The van der Waals surface area contributed by atoms with Gasteiger partial charge in [-0.2, -0.15) is 0 Å². The summed E-state index contributed by atoms with van der Waals surface area (Å²) in [4.78, 5) is 18.2. The van der Waals surface area contributed by atoms with Crippen molar-refractivity contribution in [2.45, 2.75) is 37.2 Å². The molecule has 52 heavy (non-hydrogen) atoms. The Labute approximate surface area is 290 Å². The highest BCUT2D eigenvalue weighted by atomic mass is 16.6. The van der Waals surface area contributed by atoms with E-state index < -0.39 is 0 Å². The Hall–Kier alpha value is -6.33. The van der Waals surface area contributed by atoms with E-state index in [-0.39, 0.29) is 22.1 Å². The predicted molar refractivity (Wildman–Crippen MR) is 208 cm³/mol. The van der Waals surface area contributed by atoms with Crippen molar-refractivity contribution in [3.05, 3.63) is 109 Å². The fourth-order valence-electron chi connectivity index (χ4n) is 14.4. The van der Waals surface area contributed by atoms with Crippen molar-refractivity contribution < 1.29 is 9.76 Å². The number of rotatable bonds is 2. The summed E-state index contributed by atoms with van der Waals surface area (Å²) in [5, 5.41) is 49.5. The highest BCUT2D eigenvalue weighted by molar-refractivity contribution is 6.65. The lowest BCUT2D eigenvalue weighted by Gasteiger charge is -2.43. The minimum absolute atomic E-state index is 0.0933. The molecule has 1 heterocycles. The molecule has 0 aromatic heterocycles. The first-order valence-corrected chi connectivity index (χ1v) is 18.6.